The first-order valence-electron chi connectivity index (χ1n) is 10.6. The standard InChI is InChI=1S/C28H34/c1-7-27(3,4)25-20-14-19-24(26(25)28(5,6)8-2)23-18-13-12-17-22(23)21-15-10-9-11-16-21/h9-20H,7-8H2,1-6H3. The topological polar surface area (TPSA) is 0 Å². The summed E-state index contributed by atoms with van der Waals surface area (Å²) in [5.41, 5.74) is 8.56. The molecular formula is C28H34. The van der Waals surface area contributed by atoms with Gasteiger partial charge in [-0.2, -0.15) is 0 Å². The Kier molecular flexibility index (Phi) is 5.79. The number of hydrogen-bond donors (Lipinski definition) is 0. The molecular weight excluding hydrogens is 336 g/mol. The molecule has 0 N–H and O–H groups in total. The maximum Gasteiger partial charge on any atom is -0.00971 e. The first-order chi connectivity index (χ1) is 13.3. The van der Waals surface area contributed by atoms with Gasteiger partial charge in [-0.15, -0.1) is 0 Å². The molecule has 0 heteroatoms. The molecule has 0 nitrogen and oxygen atoms in total. The van der Waals surface area contributed by atoms with E-state index in [1.807, 2.05) is 0 Å². The summed E-state index contributed by atoms with van der Waals surface area (Å²) in [6.45, 7) is 14.2. The van der Waals surface area contributed by atoms with Crippen molar-refractivity contribution in [3.8, 4) is 22.3 Å². The van der Waals surface area contributed by atoms with E-state index in [0.29, 0.717) is 0 Å². The van der Waals surface area contributed by atoms with E-state index < -0.39 is 0 Å². The zero-order valence-electron chi connectivity index (χ0n) is 18.3. The first kappa shape index (κ1) is 20.4. The minimum Gasteiger partial charge on any atom is -0.0646 e. The van der Waals surface area contributed by atoms with Gasteiger partial charge in [0.1, 0.15) is 0 Å². The Balaban J connectivity index is 2.35. The van der Waals surface area contributed by atoms with Gasteiger partial charge in [-0.1, -0.05) is 114 Å². The summed E-state index contributed by atoms with van der Waals surface area (Å²) in [5.74, 6) is 0. The third kappa shape index (κ3) is 3.78. The Hall–Kier alpha value is -2.34. The molecule has 28 heavy (non-hydrogen) atoms. The molecule has 0 heterocycles. The Labute approximate surface area is 171 Å². The summed E-state index contributed by atoms with van der Waals surface area (Å²) < 4.78 is 0. The molecule has 0 aliphatic heterocycles. The molecule has 0 spiro atoms. The van der Waals surface area contributed by atoms with Crippen LogP contribution >= 0.6 is 0 Å². The lowest BCUT2D eigenvalue weighted by Crippen LogP contribution is -2.26. The van der Waals surface area contributed by atoms with E-state index in [2.05, 4.69) is 114 Å². The summed E-state index contributed by atoms with van der Waals surface area (Å²) in [7, 11) is 0. The normalized spacial score (nSPS) is 12.2. The highest BCUT2D eigenvalue weighted by atomic mass is 14.4. The highest BCUT2D eigenvalue weighted by Crippen LogP contribution is 2.45. The molecule has 0 atom stereocenters. The fourth-order valence-electron chi connectivity index (χ4n) is 4.02. The average Bonchev–Trinajstić information content (AvgIpc) is 2.73. The average molecular weight is 371 g/mol. The first-order valence-corrected chi connectivity index (χ1v) is 10.6. The smallest absolute Gasteiger partial charge is 0.00971 e. The summed E-state index contributed by atoms with van der Waals surface area (Å²) >= 11 is 0. The fourth-order valence-corrected chi connectivity index (χ4v) is 4.02. The van der Waals surface area contributed by atoms with Gasteiger partial charge in [-0.05, 0) is 57.1 Å². The largest absolute Gasteiger partial charge is 0.0646 e. The van der Waals surface area contributed by atoms with Gasteiger partial charge in [0.25, 0.3) is 0 Å². The quantitative estimate of drug-likeness (QED) is 0.408. The highest BCUT2D eigenvalue weighted by Gasteiger charge is 2.31. The number of rotatable bonds is 6. The summed E-state index contributed by atoms with van der Waals surface area (Å²) in [6, 6.07) is 26.5. The third-order valence-electron chi connectivity index (χ3n) is 6.54. The molecule has 146 valence electrons. The lowest BCUT2D eigenvalue weighted by molar-refractivity contribution is 0.456. The Bertz CT molecular complexity index is 929. The Morgan fingerprint density at radius 2 is 1.07 bits per heavy atom. The molecule has 0 saturated carbocycles. The number of hydrogen-bond acceptors (Lipinski definition) is 0. The van der Waals surface area contributed by atoms with E-state index in [-0.39, 0.29) is 10.8 Å². The Morgan fingerprint density at radius 3 is 1.68 bits per heavy atom. The van der Waals surface area contributed by atoms with Crippen LogP contribution in [0.25, 0.3) is 22.3 Å². The Morgan fingerprint density at radius 1 is 0.536 bits per heavy atom. The van der Waals surface area contributed by atoms with Crippen molar-refractivity contribution in [3.63, 3.8) is 0 Å². The van der Waals surface area contributed by atoms with Gasteiger partial charge < -0.3 is 0 Å². The van der Waals surface area contributed by atoms with Crippen molar-refractivity contribution in [3.05, 3.63) is 83.9 Å². The third-order valence-corrected chi connectivity index (χ3v) is 6.54. The minimum atomic E-state index is 0.113. The molecule has 0 fully saturated rings. The summed E-state index contributed by atoms with van der Waals surface area (Å²) in [5, 5.41) is 0. The lowest BCUT2D eigenvalue weighted by atomic mass is 9.68. The van der Waals surface area contributed by atoms with Crippen molar-refractivity contribution in [2.75, 3.05) is 0 Å². The predicted octanol–water partition coefficient (Wildman–Crippen LogP) is 8.40. The summed E-state index contributed by atoms with van der Waals surface area (Å²) in [6.07, 6.45) is 2.24. The SMILES string of the molecule is CCC(C)(C)c1cccc(-c2ccccc2-c2ccccc2)c1C(C)(C)CC. The van der Waals surface area contributed by atoms with Gasteiger partial charge in [0, 0.05) is 0 Å². The van der Waals surface area contributed by atoms with Crippen molar-refractivity contribution < 1.29 is 0 Å². The van der Waals surface area contributed by atoms with Crippen LogP contribution in [0.15, 0.2) is 72.8 Å². The van der Waals surface area contributed by atoms with Crippen LogP contribution in [-0.4, -0.2) is 0 Å². The lowest BCUT2D eigenvalue weighted by Gasteiger charge is -2.36. The van der Waals surface area contributed by atoms with Gasteiger partial charge >= 0.3 is 0 Å². The van der Waals surface area contributed by atoms with Crippen molar-refractivity contribution in [1.82, 2.24) is 0 Å². The van der Waals surface area contributed by atoms with E-state index in [1.54, 1.807) is 0 Å². The van der Waals surface area contributed by atoms with E-state index in [1.165, 1.54) is 33.4 Å². The van der Waals surface area contributed by atoms with E-state index in [0.717, 1.165) is 12.8 Å². The molecule has 0 amide bonds. The van der Waals surface area contributed by atoms with Gasteiger partial charge in [0.2, 0.25) is 0 Å². The van der Waals surface area contributed by atoms with Crippen LogP contribution in [0.3, 0.4) is 0 Å². The van der Waals surface area contributed by atoms with Crippen LogP contribution in [0.4, 0.5) is 0 Å². The fraction of sp³-hybridized carbons (Fsp3) is 0.357. The second-order valence-corrected chi connectivity index (χ2v) is 9.11. The molecule has 0 unspecified atom stereocenters. The van der Waals surface area contributed by atoms with Gasteiger partial charge in [0.15, 0.2) is 0 Å². The van der Waals surface area contributed by atoms with Crippen LogP contribution in [0.5, 0.6) is 0 Å². The van der Waals surface area contributed by atoms with Gasteiger partial charge in [0.05, 0.1) is 0 Å². The molecule has 0 aromatic heterocycles. The van der Waals surface area contributed by atoms with Gasteiger partial charge in [-0.25, -0.2) is 0 Å². The molecule has 0 radical (unpaired) electrons. The van der Waals surface area contributed by atoms with Crippen molar-refractivity contribution in [2.45, 2.75) is 65.2 Å². The second-order valence-electron chi connectivity index (χ2n) is 9.11. The van der Waals surface area contributed by atoms with E-state index >= 15 is 0 Å². The van der Waals surface area contributed by atoms with Crippen LogP contribution in [0, 0.1) is 0 Å². The molecule has 0 bridgehead atoms. The van der Waals surface area contributed by atoms with Crippen LogP contribution in [-0.2, 0) is 10.8 Å². The monoisotopic (exact) mass is 370 g/mol. The van der Waals surface area contributed by atoms with Gasteiger partial charge in [-0.3, -0.25) is 0 Å². The molecule has 0 saturated heterocycles. The molecule has 0 aliphatic rings. The molecule has 3 aromatic carbocycles. The molecule has 0 aliphatic carbocycles. The maximum absolute atomic E-state index is 2.40. The summed E-state index contributed by atoms with van der Waals surface area (Å²) in [4.78, 5) is 0. The van der Waals surface area contributed by atoms with Crippen molar-refractivity contribution in [2.24, 2.45) is 0 Å². The maximum atomic E-state index is 2.40. The number of benzene rings is 3. The zero-order valence-corrected chi connectivity index (χ0v) is 18.3. The van der Waals surface area contributed by atoms with E-state index in [4.69, 9.17) is 0 Å². The van der Waals surface area contributed by atoms with Crippen molar-refractivity contribution in [1.29, 1.82) is 0 Å². The zero-order chi connectivity index (χ0) is 20.4. The predicted molar refractivity (Wildman–Crippen MR) is 124 cm³/mol. The minimum absolute atomic E-state index is 0.113. The van der Waals surface area contributed by atoms with Crippen LogP contribution in [0.2, 0.25) is 0 Å². The molecule has 3 aromatic rings. The van der Waals surface area contributed by atoms with E-state index in [9.17, 15) is 0 Å². The second kappa shape index (κ2) is 7.95. The van der Waals surface area contributed by atoms with Crippen LogP contribution in [0.1, 0.15) is 65.5 Å². The van der Waals surface area contributed by atoms with Crippen molar-refractivity contribution >= 4 is 0 Å². The molecule has 3 rings (SSSR count). The highest BCUT2D eigenvalue weighted by molar-refractivity contribution is 5.86. The van der Waals surface area contributed by atoms with Crippen LogP contribution < -0.4 is 0 Å².